The monoisotopic (exact) mass is 346 g/mol. The molecule has 0 aliphatic rings. The summed E-state index contributed by atoms with van der Waals surface area (Å²) in [6.45, 7) is 4.58. The number of halogens is 1. The lowest BCUT2D eigenvalue weighted by molar-refractivity contribution is 0.252. The maximum absolute atomic E-state index is 12.0. The Morgan fingerprint density at radius 1 is 1.05 bits per heavy atom. The quantitative estimate of drug-likeness (QED) is 0.844. The van der Waals surface area contributed by atoms with E-state index in [9.17, 15) is 4.79 Å². The van der Waals surface area contributed by atoms with Gasteiger partial charge in [-0.25, -0.2) is 4.79 Å². The zero-order valence-corrected chi connectivity index (χ0v) is 13.8. The zero-order valence-electron chi connectivity index (χ0n) is 12.2. The van der Waals surface area contributed by atoms with Crippen LogP contribution in [0, 0.1) is 13.8 Å². The van der Waals surface area contributed by atoms with Gasteiger partial charge in [-0.1, -0.05) is 52.3 Å². The molecule has 3 nitrogen and oxygen atoms in total. The molecule has 0 radical (unpaired) electrons. The summed E-state index contributed by atoms with van der Waals surface area (Å²) >= 11 is 3.51. The van der Waals surface area contributed by atoms with E-state index in [1.54, 1.807) is 0 Å². The summed E-state index contributed by atoms with van der Waals surface area (Å²) in [5.74, 6) is 0. The summed E-state index contributed by atoms with van der Waals surface area (Å²) < 4.78 is 1.07. The van der Waals surface area contributed by atoms with E-state index < -0.39 is 0 Å². The second-order valence-corrected chi connectivity index (χ2v) is 5.84. The number of anilines is 1. The van der Waals surface area contributed by atoms with Gasteiger partial charge >= 0.3 is 6.03 Å². The topological polar surface area (TPSA) is 41.1 Å². The molecule has 0 fully saturated rings. The molecule has 110 valence electrons. The molecule has 2 N–H and O–H groups in total. The number of aryl methyl sites for hydroxylation is 2. The highest BCUT2D eigenvalue weighted by molar-refractivity contribution is 9.10. The van der Waals surface area contributed by atoms with Gasteiger partial charge in [0.15, 0.2) is 0 Å². The van der Waals surface area contributed by atoms with Gasteiger partial charge in [0.1, 0.15) is 0 Å². The van der Waals surface area contributed by atoms with Gasteiger partial charge in [0.25, 0.3) is 0 Å². The predicted octanol–water partition coefficient (Wildman–Crippen LogP) is 4.43. The number of nitrogens with one attached hydrogen (secondary N) is 2. The van der Waals surface area contributed by atoms with Crippen molar-refractivity contribution in [1.29, 1.82) is 0 Å². The summed E-state index contributed by atoms with van der Waals surface area (Å²) in [4.78, 5) is 12.0. The van der Waals surface area contributed by atoms with Crippen LogP contribution in [-0.4, -0.2) is 12.6 Å². The van der Waals surface area contributed by atoms with E-state index in [1.165, 1.54) is 5.56 Å². The first-order chi connectivity index (χ1) is 10.1. The second-order valence-electron chi connectivity index (χ2n) is 4.99. The highest BCUT2D eigenvalue weighted by atomic mass is 79.9. The standard InChI is InChI=1S/C17H19BrN2O/c1-12-6-5-7-13(2)16(12)20-17(21)19-11-10-14-8-3-4-9-15(14)18/h3-9H,10-11H2,1-2H3,(H2,19,20,21). The molecule has 21 heavy (non-hydrogen) atoms. The van der Waals surface area contributed by atoms with Crippen molar-refractivity contribution in [2.45, 2.75) is 20.3 Å². The van der Waals surface area contributed by atoms with Crippen molar-refractivity contribution in [3.05, 3.63) is 63.6 Å². The lowest BCUT2D eigenvalue weighted by Crippen LogP contribution is -2.31. The maximum Gasteiger partial charge on any atom is 0.319 e. The molecule has 0 spiro atoms. The fourth-order valence-electron chi connectivity index (χ4n) is 2.18. The Kier molecular flexibility index (Phi) is 5.39. The van der Waals surface area contributed by atoms with Gasteiger partial charge in [-0.2, -0.15) is 0 Å². The first kappa shape index (κ1) is 15.6. The molecule has 2 rings (SSSR count). The fraction of sp³-hybridized carbons (Fsp3) is 0.235. The van der Waals surface area contributed by atoms with E-state index in [4.69, 9.17) is 0 Å². The minimum atomic E-state index is -0.167. The number of urea groups is 1. The molecule has 4 heteroatoms. The Balaban J connectivity index is 1.87. The predicted molar refractivity (Wildman–Crippen MR) is 90.8 cm³/mol. The van der Waals surface area contributed by atoms with Gasteiger partial charge in [0.2, 0.25) is 0 Å². The molecule has 2 amide bonds. The van der Waals surface area contributed by atoms with Crippen molar-refractivity contribution in [3.8, 4) is 0 Å². The summed E-state index contributed by atoms with van der Waals surface area (Å²) in [5.41, 5.74) is 4.20. The van der Waals surface area contributed by atoms with Crippen LogP contribution in [0.2, 0.25) is 0 Å². The zero-order chi connectivity index (χ0) is 15.2. The molecule has 0 aliphatic heterocycles. The van der Waals surface area contributed by atoms with Crippen LogP contribution in [0.1, 0.15) is 16.7 Å². The van der Waals surface area contributed by atoms with Crippen LogP contribution >= 0.6 is 15.9 Å². The summed E-state index contributed by atoms with van der Waals surface area (Å²) in [7, 11) is 0. The molecule has 0 saturated carbocycles. The molecule has 0 atom stereocenters. The van der Waals surface area contributed by atoms with Crippen LogP contribution < -0.4 is 10.6 Å². The number of amides is 2. The van der Waals surface area contributed by atoms with E-state index in [-0.39, 0.29) is 6.03 Å². The first-order valence-electron chi connectivity index (χ1n) is 6.92. The van der Waals surface area contributed by atoms with Crippen LogP contribution in [0.5, 0.6) is 0 Å². The van der Waals surface area contributed by atoms with Crippen LogP contribution in [0.3, 0.4) is 0 Å². The fourth-order valence-corrected chi connectivity index (χ4v) is 2.66. The molecule has 0 unspecified atom stereocenters. The van der Waals surface area contributed by atoms with E-state index in [2.05, 4.69) is 32.6 Å². The number of hydrogen-bond donors (Lipinski definition) is 2. The highest BCUT2D eigenvalue weighted by Gasteiger charge is 2.06. The molecule has 0 bridgehead atoms. The van der Waals surface area contributed by atoms with Crippen LogP contribution in [0.4, 0.5) is 10.5 Å². The normalized spacial score (nSPS) is 10.2. The van der Waals surface area contributed by atoms with Crippen LogP contribution in [0.25, 0.3) is 0 Å². The van der Waals surface area contributed by atoms with E-state index in [0.29, 0.717) is 6.54 Å². The average Bonchev–Trinajstić information content (AvgIpc) is 2.45. The van der Waals surface area contributed by atoms with Gasteiger partial charge < -0.3 is 10.6 Å². The van der Waals surface area contributed by atoms with Crippen LogP contribution in [-0.2, 0) is 6.42 Å². The van der Waals surface area contributed by atoms with Crippen LogP contribution in [0.15, 0.2) is 46.9 Å². The minimum Gasteiger partial charge on any atom is -0.338 e. The van der Waals surface area contributed by atoms with Gasteiger partial charge in [-0.05, 0) is 43.0 Å². The smallest absolute Gasteiger partial charge is 0.319 e. The van der Waals surface area contributed by atoms with Gasteiger partial charge in [0.05, 0.1) is 0 Å². The number of carbonyl (C=O) groups is 1. The largest absolute Gasteiger partial charge is 0.338 e. The van der Waals surface area contributed by atoms with Gasteiger partial charge in [0, 0.05) is 16.7 Å². The number of carbonyl (C=O) groups excluding carboxylic acids is 1. The molecule has 2 aromatic carbocycles. The highest BCUT2D eigenvalue weighted by Crippen LogP contribution is 2.19. The third kappa shape index (κ3) is 4.33. The van der Waals surface area contributed by atoms with Crippen molar-refractivity contribution < 1.29 is 4.79 Å². The lowest BCUT2D eigenvalue weighted by Gasteiger charge is -2.12. The Morgan fingerprint density at radius 2 is 1.71 bits per heavy atom. The second kappa shape index (κ2) is 7.27. The Bertz CT molecular complexity index is 620. The number of benzene rings is 2. The Labute approximate surface area is 133 Å². The number of hydrogen-bond acceptors (Lipinski definition) is 1. The minimum absolute atomic E-state index is 0.167. The molecule has 0 aromatic heterocycles. The number of rotatable bonds is 4. The van der Waals surface area contributed by atoms with Crippen molar-refractivity contribution in [3.63, 3.8) is 0 Å². The summed E-state index contributed by atoms with van der Waals surface area (Å²) in [6, 6.07) is 13.8. The van der Waals surface area contributed by atoms with Crippen molar-refractivity contribution in [1.82, 2.24) is 5.32 Å². The lowest BCUT2D eigenvalue weighted by atomic mass is 10.1. The third-order valence-electron chi connectivity index (χ3n) is 3.36. The summed E-state index contributed by atoms with van der Waals surface area (Å²) in [5, 5.41) is 5.81. The first-order valence-corrected chi connectivity index (χ1v) is 7.71. The Hall–Kier alpha value is -1.81. The molecular formula is C17H19BrN2O. The van der Waals surface area contributed by atoms with Crippen molar-refractivity contribution in [2.24, 2.45) is 0 Å². The molecular weight excluding hydrogens is 328 g/mol. The average molecular weight is 347 g/mol. The number of para-hydroxylation sites is 1. The third-order valence-corrected chi connectivity index (χ3v) is 4.13. The van der Waals surface area contributed by atoms with E-state index in [0.717, 1.165) is 27.7 Å². The van der Waals surface area contributed by atoms with E-state index >= 15 is 0 Å². The molecule has 0 aliphatic carbocycles. The Morgan fingerprint density at radius 3 is 2.38 bits per heavy atom. The molecule has 0 saturated heterocycles. The summed E-state index contributed by atoms with van der Waals surface area (Å²) in [6.07, 6.45) is 0.793. The van der Waals surface area contributed by atoms with Gasteiger partial charge in [-0.15, -0.1) is 0 Å². The van der Waals surface area contributed by atoms with Crippen molar-refractivity contribution in [2.75, 3.05) is 11.9 Å². The maximum atomic E-state index is 12.0. The van der Waals surface area contributed by atoms with Crippen molar-refractivity contribution >= 4 is 27.6 Å². The molecule has 0 heterocycles. The van der Waals surface area contributed by atoms with Gasteiger partial charge in [-0.3, -0.25) is 0 Å². The molecule has 2 aromatic rings. The van der Waals surface area contributed by atoms with E-state index in [1.807, 2.05) is 50.2 Å². The SMILES string of the molecule is Cc1cccc(C)c1NC(=O)NCCc1ccccc1Br.